The monoisotopic (exact) mass is 264 g/mol. The zero-order chi connectivity index (χ0) is 14.0. The van der Waals surface area contributed by atoms with E-state index in [-0.39, 0.29) is 12.1 Å². The Bertz CT molecular complexity index is 448. The molecule has 1 aliphatic heterocycles. The number of fused-ring (bicyclic) bond motifs is 1. The molecular weight excluding hydrogens is 240 g/mol. The molecule has 0 radical (unpaired) electrons. The second-order valence-corrected chi connectivity index (χ2v) is 5.16. The molecule has 2 rings (SSSR count). The molecule has 106 valence electrons. The van der Waals surface area contributed by atoms with Crippen LogP contribution in [0.5, 0.6) is 11.5 Å². The van der Waals surface area contributed by atoms with E-state index in [1.54, 1.807) is 7.11 Å². The summed E-state index contributed by atoms with van der Waals surface area (Å²) >= 11 is 0. The van der Waals surface area contributed by atoms with Crippen molar-refractivity contribution in [2.24, 2.45) is 5.73 Å². The molecule has 0 spiro atoms. The Morgan fingerprint density at radius 1 is 1.53 bits per heavy atom. The van der Waals surface area contributed by atoms with Crippen LogP contribution in [0.15, 0.2) is 12.1 Å². The van der Waals surface area contributed by atoms with Crippen molar-refractivity contribution >= 4 is 0 Å². The summed E-state index contributed by atoms with van der Waals surface area (Å²) < 4.78 is 11.4. The van der Waals surface area contributed by atoms with Crippen LogP contribution in [0.3, 0.4) is 0 Å². The summed E-state index contributed by atoms with van der Waals surface area (Å²) in [4.78, 5) is 2.22. The lowest BCUT2D eigenvalue weighted by Crippen LogP contribution is -2.30. The molecule has 0 saturated heterocycles. The first kappa shape index (κ1) is 14.2. The standard InChI is InChI=1S/C15H24N2O2/c1-5-17(3)13(9-16)12-8-14-11(6-10(2)19-14)7-15(12)18-4/h7-8,10,13H,5-6,9,16H2,1-4H3. The van der Waals surface area contributed by atoms with Crippen LogP contribution in [-0.4, -0.2) is 38.3 Å². The second-order valence-electron chi connectivity index (χ2n) is 5.16. The van der Waals surface area contributed by atoms with E-state index >= 15 is 0 Å². The molecule has 2 N–H and O–H groups in total. The van der Waals surface area contributed by atoms with Crippen molar-refractivity contribution in [3.8, 4) is 11.5 Å². The molecule has 0 fully saturated rings. The van der Waals surface area contributed by atoms with Gasteiger partial charge in [0.05, 0.1) is 13.2 Å². The SMILES string of the molecule is CCN(C)C(CN)c1cc2c(cc1OC)CC(C)O2. The van der Waals surface area contributed by atoms with Gasteiger partial charge >= 0.3 is 0 Å². The van der Waals surface area contributed by atoms with Gasteiger partial charge in [0.2, 0.25) is 0 Å². The van der Waals surface area contributed by atoms with Gasteiger partial charge in [-0.2, -0.15) is 0 Å². The molecule has 2 atom stereocenters. The van der Waals surface area contributed by atoms with Crippen LogP contribution in [0.4, 0.5) is 0 Å². The topological polar surface area (TPSA) is 47.7 Å². The molecule has 1 heterocycles. The third-order valence-corrected chi connectivity index (χ3v) is 3.86. The first-order valence-electron chi connectivity index (χ1n) is 6.88. The van der Waals surface area contributed by atoms with Gasteiger partial charge in [-0.3, -0.25) is 4.90 Å². The molecule has 1 aromatic carbocycles. The van der Waals surface area contributed by atoms with Crippen molar-refractivity contribution in [2.45, 2.75) is 32.4 Å². The number of nitrogens with zero attached hydrogens (tertiary/aromatic N) is 1. The average molecular weight is 264 g/mol. The Balaban J connectivity index is 2.41. The van der Waals surface area contributed by atoms with Crippen LogP contribution >= 0.6 is 0 Å². The van der Waals surface area contributed by atoms with Crippen molar-refractivity contribution < 1.29 is 9.47 Å². The third-order valence-electron chi connectivity index (χ3n) is 3.86. The molecule has 4 nitrogen and oxygen atoms in total. The van der Waals surface area contributed by atoms with Crippen LogP contribution in [-0.2, 0) is 6.42 Å². The molecule has 0 saturated carbocycles. The highest BCUT2D eigenvalue weighted by Crippen LogP contribution is 2.38. The van der Waals surface area contributed by atoms with Gasteiger partial charge in [-0.25, -0.2) is 0 Å². The molecule has 19 heavy (non-hydrogen) atoms. The Labute approximate surface area is 115 Å². The lowest BCUT2D eigenvalue weighted by atomic mass is 10.0. The van der Waals surface area contributed by atoms with Gasteiger partial charge in [-0.15, -0.1) is 0 Å². The van der Waals surface area contributed by atoms with E-state index in [0.717, 1.165) is 30.0 Å². The zero-order valence-electron chi connectivity index (χ0n) is 12.3. The fourth-order valence-corrected chi connectivity index (χ4v) is 2.66. The van der Waals surface area contributed by atoms with E-state index < -0.39 is 0 Å². The van der Waals surface area contributed by atoms with E-state index in [4.69, 9.17) is 15.2 Å². The number of rotatable bonds is 5. The van der Waals surface area contributed by atoms with Crippen LogP contribution in [0.25, 0.3) is 0 Å². The predicted molar refractivity (Wildman–Crippen MR) is 76.9 cm³/mol. The van der Waals surface area contributed by atoms with Crippen molar-refractivity contribution in [3.63, 3.8) is 0 Å². The van der Waals surface area contributed by atoms with Gasteiger partial charge in [0.15, 0.2) is 0 Å². The minimum Gasteiger partial charge on any atom is -0.496 e. The van der Waals surface area contributed by atoms with Crippen molar-refractivity contribution in [3.05, 3.63) is 23.3 Å². The van der Waals surface area contributed by atoms with E-state index in [0.29, 0.717) is 6.54 Å². The quantitative estimate of drug-likeness (QED) is 0.883. The first-order chi connectivity index (χ1) is 9.10. The van der Waals surface area contributed by atoms with Crippen molar-refractivity contribution in [1.82, 2.24) is 4.90 Å². The minimum absolute atomic E-state index is 0.157. The molecule has 0 bridgehead atoms. The Hall–Kier alpha value is -1.26. The highest BCUT2D eigenvalue weighted by Gasteiger charge is 2.25. The van der Waals surface area contributed by atoms with Gasteiger partial charge < -0.3 is 15.2 Å². The zero-order valence-corrected chi connectivity index (χ0v) is 12.3. The third kappa shape index (κ3) is 2.69. The van der Waals surface area contributed by atoms with Gasteiger partial charge in [0, 0.05) is 24.1 Å². The van der Waals surface area contributed by atoms with Gasteiger partial charge in [-0.1, -0.05) is 6.92 Å². The Kier molecular flexibility index (Phi) is 4.32. The highest BCUT2D eigenvalue weighted by molar-refractivity contribution is 5.50. The van der Waals surface area contributed by atoms with Gasteiger partial charge in [0.25, 0.3) is 0 Å². The maximum atomic E-state index is 5.94. The van der Waals surface area contributed by atoms with Crippen LogP contribution < -0.4 is 15.2 Å². The summed E-state index contributed by atoms with van der Waals surface area (Å²) in [6.07, 6.45) is 1.19. The lowest BCUT2D eigenvalue weighted by molar-refractivity contribution is 0.247. The fourth-order valence-electron chi connectivity index (χ4n) is 2.66. The highest BCUT2D eigenvalue weighted by atomic mass is 16.5. The molecule has 0 aromatic heterocycles. The van der Waals surface area contributed by atoms with Crippen LogP contribution in [0, 0.1) is 0 Å². The van der Waals surface area contributed by atoms with E-state index in [1.165, 1.54) is 5.56 Å². The summed E-state index contributed by atoms with van der Waals surface area (Å²) in [5.41, 5.74) is 8.28. The van der Waals surface area contributed by atoms with Gasteiger partial charge in [0.1, 0.15) is 17.6 Å². The van der Waals surface area contributed by atoms with Crippen LogP contribution in [0.1, 0.15) is 31.0 Å². The summed E-state index contributed by atoms with van der Waals surface area (Å²) in [6, 6.07) is 4.35. The van der Waals surface area contributed by atoms with Gasteiger partial charge in [-0.05, 0) is 32.6 Å². The normalized spacial score (nSPS) is 19.2. The molecule has 0 aliphatic carbocycles. The smallest absolute Gasteiger partial charge is 0.124 e. The second kappa shape index (κ2) is 5.80. The maximum Gasteiger partial charge on any atom is 0.124 e. The van der Waals surface area contributed by atoms with E-state index in [2.05, 4.69) is 37.9 Å². The molecule has 2 unspecified atom stereocenters. The maximum absolute atomic E-state index is 5.94. The molecule has 4 heteroatoms. The van der Waals surface area contributed by atoms with E-state index in [9.17, 15) is 0 Å². The number of ether oxygens (including phenoxy) is 2. The van der Waals surface area contributed by atoms with Crippen LogP contribution in [0.2, 0.25) is 0 Å². The summed E-state index contributed by atoms with van der Waals surface area (Å²) in [5, 5.41) is 0. The summed E-state index contributed by atoms with van der Waals surface area (Å²) in [5.74, 6) is 1.89. The molecule has 1 aliphatic rings. The Morgan fingerprint density at radius 3 is 2.84 bits per heavy atom. The Morgan fingerprint density at radius 2 is 2.26 bits per heavy atom. The fraction of sp³-hybridized carbons (Fsp3) is 0.600. The first-order valence-corrected chi connectivity index (χ1v) is 6.88. The largest absolute Gasteiger partial charge is 0.496 e. The molecule has 1 aromatic rings. The molecular formula is C15H24N2O2. The lowest BCUT2D eigenvalue weighted by Gasteiger charge is -2.27. The molecule has 0 amide bonds. The number of methoxy groups -OCH3 is 1. The summed E-state index contributed by atoms with van der Waals surface area (Å²) in [7, 11) is 3.79. The predicted octanol–water partition coefficient (Wildman–Crippen LogP) is 1.97. The number of benzene rings is 1. The van der Waals surface area contributed by atoms with Crippen molar-refractivity contribution in [2.75, 3.05) is 27.2 Å². The number of nitrogens with two attached hydrogens (primary N) is 1. The number of likely N-dealkylation sites (N-methyl/N-ethyl adjacent to an activating group) is 1. The summed E-state index contributed by atoms with van der Waals surface area (Å²) in [6.45, 7) is 5.72. The number of hydrogen-bond acceptors (Lipinski definition) is 4. The minimum atomic E-state index is 0.157. The van der Waals surface area contributed by atoms with E-state index in [1.807, 2.05) is 0 Å². The number of hydrogen-bond donors (Lipinski definition) is 1. The van der Waals surface area contributed by atoms with Crippen molar-refractivity contribution in [1.29, 1.82) is 0 Å². The average Bonchev–Trinajstić information content (AvgIpc) is 2.77.